The molecule has 0 aliphatic heterocycles. The minimum atomic E-state index is -0.552. The summed E-state index contributed by atoms with van der Waals surface area (Å²) in [4.78, 5) is 16.9. The van der Waals surface area contributed by atoms with E-state index in [0.29, 0.717) is 14.9 Å². The normalized spacial score (nSPS) is 11.4. The predicted octanol–water partition coefficient (Wildman–Crippen LogP) is 4.42. The second kappa shape index (κ2) is 5.72. The van der Waals surface area contributed by atoms with Crippen LogP contribution >= 0.6 is 34.5 Å². The van der Waals surface area contributed by atoms with Gasteiger partial charge in [-0.1, -0.05) is 29.3 Å². The van der Waals surface area contributed by atoms with Crippen LogP contribution in [0.15, 0.2) is 24.4 Å². The van der Waals surface area contributed by atoms with Crippen molar-refractivity contribution in [2.45, 2.75) is 26.3 Å². The van der Waals surface area contributed by atoms with Crippen molar-refractivity contribution in [3.63, 3.8) is 0 Å². The van der Waals surface area contributed by atoms with Crippen LogP contribution in [0.25, 0.3) is 0 Å². The zero-order valence-corrected chi connectivity index (χ0v) is 13.7. The maximum Gasteiger partial charge on any atom is 0.263 e. The van der Waals surface area contributed by atoms with E-state index in [0.717, 1.165) is 10.6 Å². The smallest absolute Gasteiger partial charge is 0.263 e. The van der Waals surface area contributed by atoms with Gasteiger partial charge in [-0.2, -0.15) is 0 Å². The van der Waals surface area contributed by atoms with E-state index in [4.69, 9.17) is 23.2 Å². The number of hydrogen-bond acceptors (Lipinski definition) is 3. The van der Waals surface area contributed by atoms with Crippen molar-refractivity contribution in [3.05, 3.63) is 49.9 Å². The average Bonchev–Trinajstić information content (AvgIpc) is 2.79. The molecule has 0 fully saturated rings. The van der Waals surface area contributed by atoms with Crippen molar-refractivity contribution in [3.8, 4) is 0 Å². The number of nitrogens with zero attached hydrogens (tertiary/aromatic N) is 1. The van der Waals surface area contributed by atoms with Crippen LogP contribution in [0.5, 0.6) is 0 Å². The van der Waals surface area contributed by atoms with Gasteiger partial charge >= 0.3 is 0 Å². The number of carbonyl (C=O) groups is 1. The lowest BCUT2D eigenvalue weighted by Crippen LogP contribution is -2.40. The van der Waals surface area contributed by atoms with Gasteiger partial charge in [0.25, 0.3) is 5.91 Å². The first-order chi connectivity index (χ1) is 9.29. The third-order valence-corrected chi connectivity index (χ3v) is 4.56. The minimum absolute atomic E-state index is 0.147. The molecule has 0 saturated heterocycles. The van der Waals surface area contributed by atoms with Crippen molar-refractivity contribution in [1.29, 1.82) is 0 Å². The highest BCUT2D eigenvalue weighted by molar-refractivity contribution is 7.13. The standard InChI is InChI=1S/C14H14Cl2N2OS/c1-8-17-7-12(20-8)13(19)18-14(2,3)9-4-5-10(15)11(16)6-9/h4-7H,1-3H3,(H,18,19). The molecule has 20 heavy (non-hydrogen) atoms. The monoisotopic (exact) mass is 328 g/mol. The Morgan fingerprint density at radius 3 is 2.55 bits per heavy atom. The Morgan fingerprint density at radius 1 is 1.30 bits per heavy atom. The molecule has 0 radical (unpaired) electrons. The summed E-state index contributed by atoms with van der Waals surface area (Å²) in [5.74, 6) is -0.147. The molecule has 106 valence electrons. The van der Waals surface area contributed by atoms with Crippen LogP contribution in [0.2, 0.25) is 10.0 Å². The first kappa shape index (κ1) is 15.3. The molecule has 2 rings (SSSR count). The number of benzene rings is 1. The summed E-state index contributed by atoms with van der Waals surface area (Å²) in [6, 6.07) is 5.35. The third-order valence-electron chi connectivity index (χ3n) is 2.91. The van der Waals surface area contributed by atoms with Crippen molar-refractivity contribution in [2.75, 3.05) is 0 Å². The molecule has 0 aliphatic carbocycles. The number of aryl methyl sites for hydroxylation is 1. The topological polar surface area (TPSA) is 42.0 Å². The number of aromatic nitrogens is 1. The summed E-state index contributed by atoms with van der Waals surface area (Å²) in [5, 5.41) is 4.81. The molecule has 1 N–H and O–H groups in total. The lowest BCUT2D eigenvalue weighted by Gasteiger charge is -2.27. The van der Waals surface area contributed by atoms with Crippen LogP contribution in [-0.2, 0) is 5.54 Å². The van der Waals surface area contributed by atoms with Crippen molar-refractivity contribution in [2.24, 2.45) is 0 Å². The molecule has 1 heterocycles. The first-order valence-electron chi connectivity index (χ1n) is 6.00. The molecule has 1 aromatic carbocycles. The van der Waals surface area contributed by atoms with Gasteiger partial charge in [0, 0.05) is 0 Å². The number of amides is 1. The van der Waals surface area contributed by atoms with Crippen LogP contribution in [0.4, 0.5) is 0 Å². The molecule has 6 heteroatoms. The fraction of sp³-hybridized carbons (Fsp3) is 0.286. The van der Waals surface area contributed by atoms with Gasteiger partial charge in [-0.05, 0) is 38.5 Å². The van der Waals surface area contributed by atoms with Crippen LogP contribution in [0, 0.1) is 6.92 Å². The number of carbonyl (C=O) groups excluding carboxylic acids is 1. The van der Waals surface area contributed by atoms with Gasteiger partial charge in [-0.25, -0.2) is 4.98 Å². The summed E-state index contributed by atoms with van der Waals surface area (Å²) in [5.41, 5.74) is 0.338. The van der Waals surface area contributed by atoms with Crippen LogP contribution in [0.1, 0.15) is 34.1 Å². The van der Waals surface area contributed by atoms with E-state index in [-0.39, 0.29) is 5.91 Å². The van der Waals surface area contributed by atoms with Gasteiger partial charge < -0.3 is 5.32 Å². The molecule has 0 saturated carbocycles. The molecule has 2 aromatic rings. The van der Waals surface area contributed by atoms with Gasteiger partial charge in [0.2, 0.25) is 0 Å². The fourth-order valence-electron chi connectivity index (χ4n) is 1.77. The quantitative estimate of drug-likeness (QED) is 0.905. The van der Waals surface area contributed by atoms with E-state index in [1.807, 2.05) is 26.8 Å². The molecule has 0 aliphatic rings. The SMILES string of the molecule is Cc1ncc(C(=O)NC(C)(C)c2ccc(Cl)c(Cl)c2)s1. The number of rotatable bonds is 3. The van der Waals surface area contributed by atoms with E-state index in [1.54, 1.807) is 18.3 Å². The fourth-order valence-corrected chi connectivity index (χ4v) is 2.74. The van der Waals surface area contributed by atoms with E-state index in [1.165, 1.54) is 11.3 Å². The lowest BCUT2D eigenvalue weighted by atomic mass is 9.94. The average molecular weight is 329 g/mol. The molecule has 0 unspecified atom stereocenters. The lowest BCUT2D eigenvalue weighted by molar-refractivity contribution is 0.0916. The predicted molar refractivity (Wildman–Crippen MR) is 83.8 cm³/mol. The molecule has 1 amide bonds. The summed E-state index contributed by atoms with van der Waals surface area (Å²) in [6.45, 7) is 5.70. The Labute approximate surface area is 131 Å². The maximum absolute atomic E-state index is 12.2. The second-order valence-corrected chi connectivity index (χ2v) is 7.00. The molecule has 0 bridgehead atoms. The molecular formula is C14H14Cl2N2OS. The summed E-state index contributed by atoms with van der Waals surface area (Å²) < 4.78 is 0. The number of halogens is 2. The van der Waals surface area contributed by atoms with Crippen LogP contribution in [-0.4, -0.2) is 10.9 Å². The Kier molecular flexibility index (Phi) is 4.37. The number of hydrogen-bond donors (Lipinski definition) is 1. The summed E-state index contributed by atoms with van der Waals surface area (Å²) >= 11 is 13.3. The van der Waals surface area contributed by atoms with Crippen molar-refractivity contribution < 1.29 is 4.79 Å². The van der Waals surface area contributed by atoms with Crippen LogP contribution < -0.4 is 5.32 Å². The van der Waals surface area contributed by atoms with Crippen LogP contribution in [0.3, 0.4) is 0 Å². The van der Waals surface area contributed by atoms with Gasteiger partial charge in [-0.3, -0.25) is 4.79 Å². The van der Waals surface area contributed by atoms with Crippen molar-refractivity contribution >= 4 is 40.4 Å². The Balaban J connectivity index is 2.22. The molecule has 0 atom stereocenters. The third kappa shape index (κ3) is 3.32. The minimum Gasteiger partial charge on any atom is -0.342 e. The highest BCUT2D eigenvalue weighted by atomic mass is 35.5. The van der Waals surface area contributed by atoms with Gasteiger partial charge in [0.1, 0.15) is 4.88 Å². The second-order valence-electron chi connectivity index (χ2n) is 4.95. The number of thiazole rings is 1. The van der Waals surface area contributed by atoms with E-state index >= 15 is 0 Å². The molecular weight excluding hydrogens is 315 g/mol. The maximum atomic E-state index is 12.2. The molecule has 1 aromatic heterocycles. The Morgan fingerprint density at radius 2 is 2.00 bits per heavy atom. The van der Waals surface area contributed by atoms with E-state index < -0.39 is 5.54 Å². The van der Waals surface area contributed by atoms with Crippen molar-refractivity contribution in [1.82, 2.24) is 10.3 Å². The van der Waals surface area contributed by atoms with Gasteiger partial charge in [-0.15, -0.1) is 11.3 Å². The number of nitrogens with one attached hydrogen (secondary N) is 1. The zero-order valence-electron chi connectivity index (χ0n) is 11.3. The highest BCUT2D eigenvalue weighted by Crippen LogP contribution is 2.28. The Bertz CT molecular complexity index is 652. The largest absolute Gasteiger partial charge is 0.342 e. The zero-order chi connectivity index (χ0) is 14.9. The molecule has 3 nitrogen and oxygen atoms in total. The van der Waals surface area contributed by atoms with Gasteiger partial charge in [0.05, 0.1) is 26.8 Å². The van der Waals surface area contributed by atoms with Gasteiger partial charge in [0.15, 0.2) is 0 Å². The summed E-state index contributed by atoms with van der Waals surface area (Å²) in [7, 11) is 0. The molecule has 0 spiro atoms. The highest BCUT2D eigenvalue weighted by Gasteiger charge is 2.25. The summed E-state index contributed by atoms with van der Waals surface area (Å²) in [6.07, 6.45) is 1.58. The Hall–Kier alpha value is -1.10. The first-order valence-corrected chi connectivity index (χ1v) is 7.57. The van der Waals surface area contributed by atoms with E-state index in [2.05, 4.69) is 10.3 Å². The van der Waals surface area contributed by atoms with E-state index in [9.17, 15) is 4.79 Å².